The lowest BCUT2D eigenvalue weighted by molar-refractivity contribution is -0.141. The van der Waals surface area contributed by atoms with Gasteiger partial charge in [-0.1, -0.05) is 91.0 Å². The Labute approximate surface area is 186 Å². The summed E-state index contributed by atoms with van der Waals surface area (Å²) in [5.74, 6) is -1.28. The number of aliphatic carboxylic acids is 1. The highest BCUT2D eigenvalue weighted by Gasteiger charge is 2.37. The van der Waals surface area contributed by atoms with Crippen molar-refractivity contribution in [2.24, 2.45) is 5.73 Å². The number of carboxylic acid groups (broad SMARTS) is 1. The van der Waals surface area contributed by atoms with Gasteiger partial charge >= 0.3 is 5.97 Å². The second-order valence-corrected chi connectivity index (χ2v) is 8.50. The topological polar surface area (TPSA) is 92.4 Å². The van der Waals surface area contributed by atoms with Crippen molar-refractivity contribution in [3.63, 3.8) is 0 Å². The van der Waals surface area contributed by atoms with Gasteiger partial charge in [0.25, 0.3) is 0 Å². The molecule has 3 aromatic carbocycles. The second kappa shape index (κ2) is 10.3. The van der Waals surface area contributed by atoms with E-state index in [1.165, 1.54) is 6.92 Å². The van der Waals surface area contributed by atoms with Crippen LogP contribution in [-0.4, -0.2) is 34.8 Å². The van der Waals surface area contributed by atoms with Gasteiger partial charge in [0.1, 0.15) is 6.04 Å². The molecule has 5 nitrogen and oxygen atoms in total. The van der Waals surface area contributed by atoms with E-state index in [0.717, 1.165) is 16.7 Å². The van der Waals surface area contributed by atoms with Crippen molar-refractivity contribution < 1.29 is 14.7 Å². The van der Waals surface area contributed by atoms with Gasteiger partial charge in [0, 0.05) is 5.75 Å². The molecule has 0 aliphatic carbocycles. The monoisotopic (exact) mass is 434 g/mol. The van der Waals surface area contributed by atoms with Crippen LogP contribution in [0.3, 0.4) is 0 Å². The molecule has 160 valence electrons. The first-order valence-electron chi connectivity index (χ1n) is 10.0. The number of carboxylic acids is 1. The number of hydrogen-bond acceptors (Lipinski definition) is 4. The first-order valence-corrected chi connectivity index (χ1v) is 11.0. The van der Waals surface area contributed by atoms with E-state index in [1.807, 2.05) is 54.6 Å². The van der Waals surface area contributed by atoms with Crippen LogP contribution in [0.2, 0.25) is 0 Å². The van der Waals surface area contributed by atoms with Gasteiger partial charge in [0.05, 0.1) is 10.8 Å². The number of amides is 1. The van der Waals surface area contributed by atoms with Gasteiger partial charge in [-0.05, 0) is 23.6 Å². The molecule has 31 heavy (non-hydrogen) atoms. The van der Waals surface area contributed by atoms with E-state index in [2.05, 4.69) is 41.7 Å². The van der Waals surface area contributed by atoms with Crippen molar-refractivity contribution in [2.45, 2.75) is 23.8 Å². The molecular weight excluding hydrogens is 408 g/mol. The van der Waals surface area contributed by atoms with Crippen molar-refractivity contribution >= 4 is 23.6 Å². The summed E-state index contributed by atoms with van der Waals surface area (Å²) < 4.78 is -0.583. The largest absolute Gasteiger partial charge is 0.480 e. The molecule has 0 unspecified atom stereocenters. The van der Waals surface area contributed by atoms with Crippen LogP contribution >= 0.6 is 11.8 Å². The van der Waals surface area contributed by atoms with Gasteiger partial charge in [-0.25, -0.2) is 0 Å². The van der Waals surface area contributed by atoms with Gasteiger partial charge in [0.15, 0.2) is 0 Å². The summed E-state index contributed by atoms with van der Waals surface area (Å²) in [6, 6.07) is 28.5. The molecule has 4 N–H and O–H groups in total. The molecule has 0 aromatic heterocycles. The zero-order valence-electron chi connectivity index (χ0n) is 17.3. The number of rotatable bonds is 9. The van der Waals surface area contributed by atoms with Crippen LogP contribution in [0.5, 0.6) is 0 Å². The molecule has 0 spiro atoms. The number of benzene rings is 3. The summed E-state index contributed by atoms with van der Waals surface area (Å²) in [4.78, 5) is 23.5. The predicted octanol–water partition coefficient (Wildman–Crippen LogP) is 3.63. The summed E-state index contributed by atoms with van der Waals surface area (Å²) in [6.45, 7) is 1.42. The van der Waals surface area contributed by atoms with Crippen LogP contribution < -0.4 is 11.1 Å². The molecule has 3 aromatic rings. The van der Waals surface area contributed by atoms with Gasteiger partial charge in [0.2, 0.25) is 5.91 Å². The minimum Gasteiger partial charge on any atom is -0.480 e. The lowest BCUT2D eigenvalue weighted by Crippen LogP contribution is -2.48. The van der Waals surface area contributed by atoms with Gasteiger partial charge in [-0.2, -0.15) is 0 Å². The van der Waals surface area contributed by atoms with Crippen LogP contribution in [0.4, 0.5) is 0 Å². The highest BCUT2D eigenvalue weighted by Crippen LogP contribution is 2.48. The third kappa shape index (κ3) is 5.16. The molecule has 0 aliphatic rings. The number of carbonyl (C=O) groups is 2. The Morgan fingerprint density at radius 2 is 1.26 bits per heavy atom. The summed E-state index contributed by atoms with van der Waals surface area (Å²) in [7, 11) is 0. The molecule has 2 atom stereocenters. The maximum Gasteiger partial charge on any atom is 0.325 e. The molecule has 0 saturated carbocycles. The van der Waals surface area contributed by atoms with Crippen LogP contribution in [0.25, 0.3) is 0 Å². The van der Waals surface area contributed by atoms with E-state index in [0.29, 0.717) is 5.75 Å². The summed E-state index contributed by atoms with van der Waals surface area (Å²) in [5, 5.41) is 11.5. The van der Waals surface area contributed by atoms with Gasteiger partial charge in [-0.15, -0.1) is 11.8 Å². The average molecular weight is 435 g/mol. The Kier molecular flexibility index (Phi) is 7.50. The maximum atomic E-state index is 12.5. The zero-order valence-corrected chi connectivity index (χ0v) is 18.1. The maximum absolute atomic E-state index is 12.5. The van der Waals surface area contributed by atoms with Crippen molar-refractivity contribution in [3.05, 3.63) is 108 Å². The number of thioether (sulfide) groups is 1. The first-order chi connectivity index (χ1) is 14.9. The van der Waals surface area contributed by atoms with E-state index in [4.69, 9.17) is 10.8 Å². The van der Waals surface area contributed by atoms with Crippen LogP contribution in [0, 0.1) is 0 Å². The fourth-order valence-electron chi connectivity index (χ4n) is 3.44. The third-order valence-electron chi connectivity index (χ3n) is 5.09. The Bertz CT molecular complexity index is 900. The van der Waals surface area contributed by atoms with Gasteiger partial charge in [-0.3, -0.25) is 9.59 Å². The lowest BCUT2D eigenvalue weighted by Gasteiger charge is -2.36. The standard InChI is InChI=1S/C25H26N2O3S/c1-18(24(29)30)27-23(28)22(26)17-31-25(19-11-5-2-6-12-19,20-13-7-3-8-14-20)21-15-9-4-10-16-21/h2-16,18,22H,17,26H2,1H3,(H,27,28)(H,29,30)/t18-,22-/m0/s1. The quantitative estimate of drug-likeness (QED) is 0.447. The van der Waals surface area contributed by atoms with E-state index in [-0.39, 0.29) is 0 Å². The molecule has 0 heterocycles. The van der Waals surface area contributed by atoms with Crippen molar-refractivity contribution in [3.8, 4) is 0 Å². The Balaban J connectivity index is 2.00. The van der Waals surface area contributed by atoms with E-state index in [1.54, 1.807) is 11.8 Å². The Morgan fingerprint density at radius 3 is 1.61 bits per heavy atom. The molecule has 0 saturated heterocycles. The molecule has 0 radical (unpaired) electrons. The van der Waals surface area contributed by atoms with Crippen molar-refractivity contribution in [2.75, 3.05) is 5.75 Å². The minimum absolute atomic E-state index is 0.302. The molecule has 0 fully saturated rings. The summed E-state index contributed by atoms with van der Waals surface area (Å²) in [6.07, 6.45) is 0. The smallest absolute Gasteiger partial charge is 0.325 e. The zero-order chi connectivity index (χ0) is 22.3. The van der Waals surface area contributed by atoms with Crippen LogP contribution in [-0.2, 0) is 14.3 Å². The molecule has 0 bridgehead atoms. The van der Waals surface area contributed by atoms with Crippen LogP contribution in [0.15, 0.2) is 91.0 Å². The Morgan fingerprint density at radius 1 is 0.871 bits per heavy atom. The number of hydrogen-bond donors (Lipinski definition) is 3. The van der Waals surface area contributed by atoms with E-state index < -0.39 is 28.7 Å². The minimum atomic E-state index is -1.10. The fourth-order valence-corrected chi connectivity index (χ4v) is 4.93. The summed E-state index contributed by atoms with van der Waals surface area (Å²) >= 11 is 1.57. The number of nitrogens with two attached hydrogens (primary N) is 1. The van der Waals surface area contributed by atoms with Crippen molar-refractivity contribution in [1.82, 2.24) is 5.32 Å². The Hall–Kier alpha value is -3.09. The van der Waals surface area contributed by atoms with Crippen molar-refractivity contribution in [1.29, 1.82) is 0 Å². The highest BCUT2D eigenvalue weighted by atomic mass is 32.2. The molecule has 0 aliphatic heterocycles. The molecule has 6 heteroatoms. The first kappa shape index (κ1) is 22.6. The number of carbonyl (C=O) groups excluding carboxylic acids is 1. The average Bonchev–Trinajstić information content (AvgIpc) is 2.81. The SMILES string of the molecule is C[C@H](NC(=O)[C@@H](N)CSC(c1ccccc1)(c1ccccc1)c1ccccc1)C(=O)O. The van der Waals surface area contributed by atoms with E-state index >= 15 is 0 Å². The number of nitrogens with one attached hydrogen (secondary N) is 1. The van der Waals surface area contributed by atoms with Gasteiger partial charge < -0.3 is 16.2 Å². The third-order valence-corrected chi connectivity index (χ3v) is 6.75. The fraction of sp³-hybridized carbons (Fsp3) is 0.200. The summed E-state index contributed by atoms with van der Waals surface area (Å²) in [5.41, 5.74) is 9.40. The van der Waals surface area contributed by atoms with E-state index in [9.17, 15) is 9.59 Å². The lowest BCUT2D eigenvalue weighted by atomic mass is 9.84. The molecular formula is C25H26N2O3S. The predicted molar refractivity (Wildman–Crippen MR) is 125 cm³/mol. The highest BCUT2D eigenvalue weighted by molar-refractivity contribution is 8.00. The molecule has 3 rings (SSSR count). The van der Waals surface area contributed by atoms with Crippen LogP contribution in [0.1, 0.15) is 23.6 Å². The molecule has 1 amide bonds. The second-order valence-electron chi connectivity index (χ2n) is 7.27. The normalized spacial score (nSPS) is 13.2.